The van der Waals surface area contributed by atoms with Crippen molar-refractivity contribution in [1.82, 2.24) is 9.78 Å². The van der Waals surface area contributed by atoms with Crippen LogP contribution in [0.4, 0.5) is 4.39 Å². The maximum Gasteiger partial charge on any atom is 0.207 e. The fraction of sp³-hybridized carbons (Fsp3) is 0.125. The smallest absolute Gasteiger partial charge is 0.207 e. The van der Waals surface area contributed by atoms with Crippen molar-refractivity contribution >= 4 is 10.9 Å². The first-order valence-corrected chi connectivity index (χ1v) is 6.46. The molecule has 0 saturated carbocycles. The van der Waals surface area contributed by atoms with Crippen LogP contribution in [0.3, 0.4) is 0 Å². The third kappa shape index (κ3) is 2.50. The maximum absolute atomic E-state index is 13.4. The molecule has 0 bridgehead atoms. The van der Waals surface area contributed by atoms with Gasteiger partial charge in [0, 0.05) is 10.9 Å². The zero-order valence-corrected chi connectivity index (χ0v) is 11.4. The number of hydrogen-bond donors (Lipinski definition) is 0. The minimum absolute atomic E-state index is 0.131. The van der Waals surface area contributed by atoms with Gasteiger partial charge in [0.1, 0.15) is 11.6 Å². The standard InChI is InChI=1S/C16H13FN2O2/c1-21-16-7-6-12(17)8-11(16)10-19-14-5-3-2-4-13(14)15(20)9-18-19/h2-9H,10H2,1H3. The predicted molar refractivity (Wildman–Crippen MR) is 78.1 cm³/mol. The Bertz CT molecular complexity index is 858. The minimum atomic E-state index is -0.337. The molecule has 1 heterocycles. The highest BCUT2D eigenvalue weighted by atomic mass is 19.1. The van der Waals surface area contributed by atoms with Crippen LogP contribution >= 0.6 is 0 Å². The van der Waals surface area contributed by atoms with Gasteiger partial charge in [0.05, 0.1) is 25.4 Å². The topological polar surface area (TPSA) is 44.1 Å². The number of fused-ring (bicyclic) bond motifs is 1. The lowest BCUT2D eigenvalue weighted by Gasteiger charge is -2.12. The van der Waals surface area contributed by atoms with Gasteiger partial charge < -0.3 is 4.74 Å². The molecule has 0 aliphatic heterocycles. The lowest BCUT2D eigenvalue weighted by Crippen LogP contribution is -2.13. The van der Waals surface area contributed by atoms with Crippen LogP contribution in [0.2, 0.25) is 0 Å². The van der Waals surface area contributed by atoms with Crippen molar-refractivity contribution in [3.05, 3.63) is 70.3 Å². The highest BCUT2D eigenvalue weighted by Crippen LogP contribution is 2.21. The molecule has 0 amide bonds. The molecule has 21 heavy (non-hydrogen) atoms. The fourth-order valence-corrected chi connectivity index (χ4v) is 2.32. The average molecular weight is 284 g/mol. The van der Waals surface area contributed by atoms with Crippen molar-refractivity contribution in [3.8, 4) is 5.75 Å². The van der Waals surface area contributed by atoms with Crippen molar-refractivity contribution in [1.29, 1.82) is 0 Å². The van der Waals surface area contributed by atoms with Crippen molar-refractivity contribution in [2.24, 2.45) is 0 Å². The number of aromatic nitrogens is 2. The van der Waals surface area contributed by atoms with Gasteiger partial charge in [-0.2, -0.15) is 5.10 Å². The summed E-state index contributed by atoms with van der Waals surface area (Å²) < 4.78 is 20.3. The molecular formula is C16H13FN2O2. The number of methoxy groups -OCH3 is 1. The molecule has 106 valence electrons. The Morgan fingerprint density at radius 3 is 2.86 bits per heavy atom. The molecule has 3 aromatic rings. The second-order valence-corrected chi connectivity index (χ2v) is 4.64. The lowest BCUT2D eigenvalue weighted by molar-refractivity contribution is 0.406. The van der Waals surface area contributed by atoms with Gasteiger partial charge in [-0.1, -0.05) is 12.1 Å². The van der Waals surface area contributed by atoms with E-state index in [1.54, 1.807) is 22.9 Å². The summed E-state index contributed by atoms with van der Waals surface area (Å²) in [5.74, 6) is 0.247. The molecule has 0 aliphatic carbocycles. The van der Waals surface area contributed by atoms with E-state index < -0.39 is 0 Å². The molecule has 0 atom stereocenters. The number of para-hydroxylation sites is 1. The normalized spacial score (nSPS) is 10.8. The number of benzene rings is 2. The zero-order chi connectivity index (χ0) is 14.8. The molecule has 0 N–H and O–H groups in total. The lowest BCUT2D eigenvalue weighted by atomic mass is 10.1. The Morgan fingerprint density at radius 2 is 2.05 bits per heavy atom. The van der Waals surface area contributed by atoms with E-state index in [-0.39, 0.29) is 11.2 Å². The third-order valence-electron chi connectivity index (χ3n) is 3.32. The molecule has 0 spiro atoms. The summed E-state index contributed by atoms with van der Waals surface area (Å²) in [7, 11) is 1.54. The Balaban J connectivity index is 2.13. The van der Waals surface area contributed by atoms with Gasteiger partial charge in [0.25, 0.3) is 0 Å². The van der Waals surface area contributed by atoms with Crippen molar-refractivity contribution < 1.29 is 9.13 Å². The molecular weight excluding hydrogens is 271 g/mol. The molecule has 1 aromatic heterocycles. The van der Waals surface area contributed by atoms with E-state index >= 15 is 0 Å². The van der Waals surface area contributed by atoms with E-state index in [9.17, 15) is 9.18 Å². The molecule has 0 fully saturated rings. The summed E-state index contributed by atoms with van der Waals surface area (Å²) in [5.41, 5.74) is 1.24. The molecule has 0 radical (unpaired) electrons. The second-order valence-electron chi connectivity index (χ2n) is 4.64. The molecule has 3 rings (SSSR count). The van der Waals surface area contributed by atoms with Gasteiger partial charge >= 0.3 is 0 Å². The van der Waals surface area contributed by atoms with Gasteiger partial charge in [0.15, 0.2) is 0 Å². The predicted octanol–water partition coefficient (Wildman–Crippen LogP) is 2.59. The van der Waals surface area contributed by atoms with Gasteiger partial charge in [-0.25, -0.2) is 4.39 Å². The van der Waals surface area contributed by atoms with Gasteiger partial charge in [-0.15, -0.1) is 0 Å². The summed E-state index contributed by atoms with van der Waals surface area (Å²) in [6.45, 7) is 0.321. The average Bonchev–Trinajstić information content (AvgIpc) is 2.51. The first kappa shape index (κ1) is 13.3. The zero-order valence-electron chi connectivity index (χ0n) is 11.4. The number of nitrogens with zero attached hydrogens (tertiary/aromatic N) is 2. The quantitative estimate of drug-likeness (QED) is 0.742. The maximum atomic E-state index is 13.4. The van der Waals surface area contributed by atoms with Crippen LogP contribution in [0, 0.1) is 5.82 Å². The Labute approximate surface area is 120 Å². The van der Waals surface area contributed by atoms with Gasteiger partial charge in [0.2, 0.25) is 5.43 Å². The second kappa shape index (κ2) is 5.36. The SMILES string of the molecule is COc1ccc(F)cc1Cn1ncc(=O)c2ccccc21. The fourth-order valence-electron chi connectivity index (χ4n) is 2.32. The van der Waals surface area contributed by atoms with E-state index in [2.05, 4.69) is 5.10 Å². The van der Waals surface area contributed by atoms with Crippen molar-refractivity contribution in [2.45, 2.75) is 6.54 Å². The van der Waals surface area contributed by atoms with Crippen LogP contribution in [0.15, 0.2) is 53.5 Å². The monoisotopic (exact) mass is 284 g/mol. The molecule has 0 unspecified atom stereocenters. The van der Waals surface area contributed by atoms with Crippen molar-refractivity contribution in [2.75, 3.05) is 7.11 Å². The summed E-state index contributed by atoms with van der Waals surface area (Å²) in [6, 6.07) is 11.5. The van der Waals surface area contributed by atoms with Gasteiger partial charge in [-0.05, 0) is 30.3 Å². The van der Waals surface area contributed by atoms with Crippen LogP contribution in [-0.2, 0) is 6.54 Å². The molecule has 2 aromatic carbocycles. The van der Waals surface area contributed by atoms with E-state index in [4.69, 9.17) is 4.74 Å². The number of halogens is 1. The molecule has 4 nitrogen and oxygen atoms in total. The van der Waals surface area contributed by atoms with Crippen LogP contribution in [0.25, 0.3) is 10.9 Å². The van der Waals surface area contributed by atoms with Crippen LogP contribution in [0.1, 0.15) is 5.56 Å². The van der Waals surface area contributed by atoms with E-state index in [1.807, 2.05) is 12.1 Å². The summed E-state index contributed by atoms with van der Waals surface area (Å²) >= 11 is 0. The van der Waals surface area contributed by atoms with Crippen LogP contribution < -0.4 is 10.2 Å². The molecule has 5 heteroatoms. The first-order chi connectivity index (χ1) is 10.2. The number of rotatable bonds is 3. The van der Waals surface area contributed by atoms with E-state index in [1.165, 1.54) is 25.4 Å². The Hall–Kier alpha value is -2.69. The van der Waals surface area contributed by atoms with Crippen LogP contribution in [0.5, 0.6) is 5.75 Å². The Kier molecular flexibility index (Phi) is 3.39. The van der Waals surface area contributed by atoms with E-state index in [0.29, 0.717) is 28.8 Å². The highest BCUT2D eigenvalue weighted by molar-refractivity contribution is 5.78. The summed E-state index contributed by atoms with van der Waals surface area (Å²) in [4.78, 5) is 11.8. The van der Waals surface area contributed by atoms with E-state index in [0.717, 1.165) is 0 Å². The summed E-state index contributed by atoms with van der Waals surface area (Å²) in [5, 5.41) is 4.72. The van der Waals surface area contributed by atoms with Crippen molar-refractivity contribution in [3.63, 3.8) is 0 Å². The highest BCUT2D eigenvalue weighted by Gasteiger charge is 2.08. The Morgan fingerprint density at radius 1 is 1.24 bits per heavy atom. The minimum Gasteiger partial charge on any atom is -0.496 e. The molecule has 0 aliphatic rings. The molecule has 0 saturated heterocycles. The number of ether oxygens (including phenoxy) is 1. The van der Waals surface area contributed by atoms with Crippen LogP contribution in [-0.4, -0.2) is 16.9 Å². The first-order valence-electron chi connectivity index (χ1n) is 6.46. The summed E-state index contributed by atoms with van der Waals surface area (Å²) in [6.07, 6.45) is 1.27. The van der Waals surface area contributed by atoms with Gasteiger partial charge in [-0.3, -0.25) is 9.48 Å². The largest absolute Gasteiger partial charge is 0.496 e. The number of hydrogen-bond acceptors (Lipinski definition) is 3. The third-order valence-corrected chi connectivity index (χ3v) is 3.32.